The molecule has 19 heavy (non-hydrogen) atoms. The number of halogens is 3. The molecular weight excluding hydrogens is 301 g/mol. The predicted molar refractivity (Wildman–Crippen MR) is 84.4 cm³/mol. The van der Waals surface area contributed by atoms with Crippen molar-refractivity contribution in [1.29, 1.82) is 0 Å². The molecule has 1 aromatic rings. The molecule has 0 amide bonds. The van der Waals surface area contributed by atoms with E-state index in [1.165, 1.54) is 12.8 Å². The van der Waals surface area contributed by atoms with Crippen molar-refractivity contribution in [1.82, 2.24) is 5.32 Å². The van der Waals surface area contributed by atoms with Crippen LogP contribution in [0.5, 0.6) is 0 Å². The van der Waals surface area contributed by atoms with E-state index in [-0.39, 0.29) is 5.54 Å². The van der Waals surface area contributed by atoms with Crippen molar-refractivity contribution in [3.63, 3.8) is 0 Å². The molecule has 0 heterocycles. The molecule has 1 N–H and O–H groups in total. The monoisotopic (exact) mass is 319 g/mol. The third-order valence-corrected chi connectivity index (χ3v) is 5.39. The summed E-state index contributed by atoms with van der Waals surface area (Å²) in [5, 5.41) is 4.84. The SMILES string of the molecule is CC1CCC(CCl)(NCc2ccc(Cl)c(Cl)c2)CC1. The van der Waals surface area contributed by atoms with Crippen LogP contribution >= 0.6 is 34.8 Å². The largest absolute Gasteiger partial charge is 0.306 e. The number of nitrogens with one attached hydrogen (secondary N) is 1. The maximum atomic E-state index is 6.20. The van der Waals surface area contributed by atoms with E-state index in [1.54, 1.807) is 0 Å². The first kappa shape index (κ1) is 15.4. The molecule has 1 saturated carbocycles. The van der Waals surface area contributed by atoms with Crippen LogP contribution in [0.15, 0.2) is 18.2 Å². The first-order valence-corrected chi connectivity index (χ1v) is 8.09. The molecule has 0 bridgehead atoms. The molecule has 0 aromatic heterocycles. The number of hydrogen-bond donors (Lipinski definition) is 1. The topological polar surface area (TPSA) is 12.0 Å². The molecule has 0 atom stereocenters. The Kier molecular flexibility index (Phi) is 5.42. The maximum Gasteiger partial charge on any atom is 0.0595 e. The second-order valence-corrected chi connectivity index (χ2v) is 6.78. The zero-order chi connectivity index (χ0) is 13.9. The standard InChI is InChI=1S/C15H20Cl3N/c1-11-4-6-15(10-16,7-5-11)19-9-12-2-3-13(17)14(18)8-12/h2-3,8,11,19H,4-7,9-10H2,1H3. The fourth-order valence-corrected chi connectivity index (χ4v) is 3.29. The average molecular weight is 321 g/mol. The van der Waals surface area contributed by atoms with E-state index in [1.807, 2.05) is 18.2 Å². The molecule has 0 saturated heterocycles. The van der Waals surface area contributed by atoms with Crippen LogP contribution in [0.1, 0.15) is 38.2 Å². The maximum absolute atomic E-state index is 6.20. The third-order valence-electron chi connectivity index (χ3n) is 4.14. The van der Waals surface area contributed by atoms with E-state index in [2.05, 4.69) is 12.2 Å². The Morgan fingerprint density at radius 2 is 1.89 bits per heavy atom. The van der Waals surface area contributed by atoms with Crippen LogP contribution in [0.4, 0.5) is 0 Å². The lowest BCUT2D eigenvalue weighted by Crippen LogP contribution is -2.49. The van der Waals surface area contributed by atoms with Gasteiger partial charge in [0, 0.05) is 18.0 Å². The van der Waals surface area contributed by atoms with Crippen molar-refractivity contribution in [2.75, 3.05) is 5.88 Å². The van der Waals surface area contributed by atoms with Crippen molar-refractivity contribution >= 4 is 34.8 Å². The van der Waals surface area contributed by atoms with Gasteiger partial charge in [0.1, 0.15) is 0 Å². The molecule has 0 unspecified atom stereocenters. The van der Waals surface area contributed by atoms with Crippen molar-refractivity contribution in [2.24, 2.45) is 5.92 Å². The second kappa shape index (κ2) is 6.67. The minimum Gasteiger partial charge on any atom is -0.306 e. The minimum atomic E-state index is 0.0835. The summed E-state index contributed by atoms with van der Waals surface area (Å²) in [5.74, 6) is 1.49. The van der Waals surface area contributed by atoms with Crippen LogP contribution in [0.25, 0.3) is 0 Å². The first-order chi connectivity index (χ1) is 9.04. The molecule has 1 aliphatic carbocycles. The molecule has 4 heteroatoms. The highest BCUT2D eigenvalue weighted by Gasteiger charge is 2.32. The van der Waals surface area contributed by atoms with Crippen LogP contribution in [0, 0.1) is 5.92 Å². The number of benzene rings is 1. The zero-order valence-corrected chi connectivity index (χ0v) is 13.5. The van der Waals surface area contributed by atoms with Gasteiger partial charge in [-0.05, 0) is 49.3 Å². The van der Waals surface area contributed by atoms with Crippen LogP contribution in [0.2, 0.25) is 10.0 Å². The van der Waals surface area contributed by atoms with E-state index >= 15 is 0 Å². The molecule has 1 aliphatic rings. The van der Waals surface area contributed by atoms with Gasteiger partial charge in [-0.15, -0.1) is 11.6 Å². The van der Waals surface area contributed by atoms with E-state index in [9.17, 15) is 0 Å². The predicted octanol–water partition coefficient (Wildman–Crippen LogP) is 5.27. The van der Waals surface area contributed by atoms with Crippen molar-refractivity contribution < 1.29 is 0 Å². The minimum absolute atomic E-state index is 0.0835. The Hall–Kier alpha value is 0.0500. The summed E-state index contributed by atoms with van der Waals surface area (Å²) in [7, 11) is 0. The summed E-state index contributed by atoms with van der Waals surface area (Å²) in [6.07, 6.45) is 4.81. The molecule has 1 aromatic carbocycles. The molecular formula is C15H20Cl3N. The molecule has 0 aliphatic heterocycles. The number of rotatable bonds is 4. The van der Waals surface area contributed by atoms with Crippen molar-refractivity contribution in [3.05, 3.63) is 33.8 Å². The van der Waals surface area contributed by atoms with Gasteiger partial charge in [0.05, 0.1) is 10.0 Å². The van der Waals surface area contributed by atoms with Gasteiger partial charge >= 0.3 is 0 Å². The summed E-state index contributed by atoms with van der Waals surface area (Å²) < 4.78 is 0. The van der Waals surface area contributed by atoms with Crippen LogP contribution < -0.4 is 5.32 Å². The lowest BCUT2D eigenvalue weighted by molar-refractivity contribution is 0.216. The second-order valence-electron chi connectivity index (χ2n) is 5.70. The van der Waals surface area contributed by atoms with Gasteiger partial charge in [-0.3, -0.25) is 0 Å². The summed E-state index contributed by atoms with van der Waals surface area (Å²) in [6.45, 7) is 3.11. The molecule has 1 nitrogen and oxygen atoms in total. The quantitative estimate of drug-likeness (QED) is 0.745. The van der Waals surface area contributed by atoms with Crippen molar-refractivity contribution in [2.45, 2.75) is 44.7 Å². The molecule has 2 rings (SSSR count). The van der Waals surface area contributed by atoms with Gasteiger partial charge in [-0.25, -0.2) is 0 Å². The van der Waals surface area contributed by atoms with Gasteiger partial charge < -0.3 is 5.32 Å². The molecule has 0 spiro atoms. The van der Waals surface area contributed by atoms with Crippen LogP contribution in [-0.4, -0.2) is 11.4 Å². The normalized spacial score (nSPS) is 27.5. The Morgan fingerprint density at radius 1 is 1.21 bits per heavy atom. The fraction of sp³-hybridized carbons (Fsp3) is 0.600. The highest BCUT2D eigenvalue weighted by Crippen LogP contribution is 2.33. The Labute approximate surface area is 130 Å². The number of hydrogen-bond acceptors (Lipinski definition) is 1. The van der Waals surface area contributed by atoms with Crippen LogP contribution in [0.3, 0.4) is 0 Å². The Balaban J connectivity index is 1.97. The third kappa shape index (κ3) is 4.01. The Morgan fingerprint density at radius 3 is 2.47 bits per heavy atom. The highest BCUT2D eigenvalue weighted by molar-refractivity contribution is 6.42. The van der Waals surface area contributed by atoms with E-state index in [4.69, 9.17) is 34.8 Å². The summed E-state index contributed by atoms with van der Waals surface area (Å²) in [4.78, 5) is 0. The van der Waals surface area contributed by atoms with Gasteiger partial charge in [-0.1, -0.05) is 36.2 Å². The zero-order valence-electron chi connectivity index (χ0n) is 11.2. The lowest BCUT2D eigenvalue weighted by Gasteiger charge is -2.39. The number of alkyl halides is 1. The molecule has 0 radical (unpaired) electrons. The average Bonchev–Trinajstić information content (AvgIpc) is 2.42. The Bertz CT molecular complexity index is 425. The lowest BCUT2D eigenvalue weighted by atomic mass is 9.78. The molecule has 1 fully saturated rings. The first-order valence-electron chi connectivity index (χ1n) is 6.79. The summed E-state index contributed by atoms with van der Waals surface area (Å²) >= 11 is 18.2. The van der Waals surface area contributed by atoms with Gasteiger partial charge in [0.15, 0.2) is 0 Å². The van der Waals surface area contributed by atoms with Crippen LogP contribution in [-0.2, 0) is 6.54 Å². The van der Waals surface area contributed by atoms with E-state index < -0.39 is 0 Å². The molecule has 106 valence electrons. The summed E-state index contributed by atoms with van der Waals surface area (Å²) in [5.41, 5.74) is 1.23. The smallest absolute Gasteiger partial charge is 0.0595 e. The highest BCUT2D eigenvalue weighted by atomic mass is 35.5. The van der Waals surface area contributed by atoms with Crippen molar-refractivity contribution in [3.8, 4) is 0 Å². The van der Waals surface area contributed by atoms with Gasteiger partial charge in [0.25, 0.3) is 0 Å². The summed E-state index contributed by atoms with van der Waals surface area (Å²) in [6, 6.07) is 5.77. The van der Waals surface area contributed by atoms with Gasteiger partial charge in [-0.2, -0.15) is 0 Å². The van der Waals surface area contributed by atoms with E-state index in [0.717, 1.165) is 30.9 Å². The van der Waals surface area contributed by atoms with E-state index in [0.29, 0.717) is 15.9 Å². The fourth-order valence-electron chi connectivity index (χ4n) is 2.61. The van der Waals surface area contributed by atoms with Gasteiger partial charge in [0.2, 0.25) is 0 Å².